The molecule has 4 aromatic carbocycles. The first-order valence-electron chi connectivity index (χ1n) is 11.6. The van der Waals surface area contributed by atoms with E-state index in [2.05, 4.69) is 23.5 Å². The number of hydrogen-bond donors (Lipinski definition) is 1. The Morgan fingerprint density at radius 3 is 2.24 bits per heavy atom. The molecule has 0 bridgehead atoms. The van der Waals surface area contributed by atoms with Gasteiger partial charge in [-0.05, 0) is 66.6 Å². The summed E-state index contributed by atoms with van der Waals surface area (Å²) in [7, 11) is -3.68. The van der Waals surface area contributed by atoms with Crippen molar-refractivity contribution in [2.75, 3.05) is 15.9 Å². The van der Waals surface area contributed by atoms with Crippen LogP contribution in [0.4, 0.5) is 15.8 Å². The first-order chi connectivity index (χ1) is 17.7. The summed E-state index contributed by atoms with van der Waals surface area (Å²) in [5.74, 6) is 0.0397. The van der Waals surface area contributed by atoms with Gasteiger partial charge in [-0.1, -0.05) is 48.5 Å². The topological polar surface area (TPSA) is 66.5 Å². The van der Waals surface area contributed by atoms with E-state index in [1.54, 1.807) is 54.2 Å². The van der Waals surface area contributed by atoms with E-state index in [0.717, 1.165) is 27.4 Å². The summed E-state index contributed by atoms with van der Waals surface area (Å²) < 4.78 is 40.1. The van der Waals surface area contributed by atoms with Crippen LogP contribution in [0.2, 0.25) is 0 Å². The van der Waals surface area contributed by atoms with Crippen LogP contribution in [-0.4, -0.2) is 20.6 Å². The third-order valence-corrected chi connectivity index (χ3v) is 8.00. The Kier molecular flexibility index (Phi) is 8.31. The van der Waals surface area contributed by atoms with Crippen molar-refractivity contribution in [2.24, 2.45) is 0 Å². The summed E-state index contributed by atoms with van der Waals surface area (Å²) in [6.45, 7) is 1.80. The predicted molar refractivity (Wildman–Crippen MR) is 149 cm³/mol. The molecular formula is C29H27FN2O3S2. The highest BCUT2D eigenvalue weighted by atomic mass is 32.2. The summed E-state index contributed by atoms with van der Waals surface area (Å²) in [6, 6.07) is 28.4. The molecule has 0 radical (unpaired) electrons. The fourth-order valence-corrected chi connectivity index (χ4v) is 5.53. The van der Waals surface area contributed by atoms with Crippen LogP contribution in [0, 0.1) is 12.7 Å². The van der Waals surface area contributed by atoms with Crippen LogP contribution in [0.1, 0.15) is 27.0 Å². The average molecular weight is 535 g/mol. The van der Waals surface area contributed by atoms with Crippen LogP contribution in [0.15, 0.2) is 102 Å². The van der Waals surface area contributed by atoms with Gasteiger partial charge >= 0.3 is 0 Å². The minimum atomic E-state index is -3.68. The highest BCUT2D eigenvalue weighted by Gasteiger charge is 2.20. The number of thioether (sulfide) groups is 1. The maximum atomic E-state index is 14.1. The van der Waals surface area contributed by atoms with Crippen LogP contribution >= 0.6 is 11.8 Å². The largest absolute Gasteiger partial charge is 0.322 e. The molecule has 37 heavy (non-hydrogen) atoms. The normalized spacial score (nSPS) is 11.2. The zero-order valence-electron chi connectivity index (χ0n) is 20.5. The molecule has 4 rings (SSSR count). The highest BCUT2D eigenvalue weighted by molar-refractivity contribution is 7.98. The zero-order chi connectivity index (χ0) is 26.4. The number of nitrogens with zero attached hydrogens (tertiary/aromatic N) is 1. The summed E-state index contributed by atoms with van der Waals surface area (Å²) >= 11 is 1.75. The van der Waals surface area contributed by atoms with Crippen LogP contribution in [0.5, 0.6) is 0 Å². The predicted octanol–water partition coefficient (Wildman–Crippen LogP) is 6.64. The number of anilines is 2. The number of carbonyl (C=O) groups is 1. The summed E-state index contributed by atoms with van der Waals surface area (Å²) in [6.07, 6.45) is 1.07. The fourth-order valence-electron chi connectivity index (χ4n) is 3.79. The molecule has 0 spiro atoms. The number of halogens is 1. The van der Waals surface area contributed by atoms with E-state index < -0.39 is 15.8 Å². The molecular weight excluding hydrogens is 507 g/mol. The Morgan fingerprint density at radius 2 is 1.59 bits per heavy atom. The number of benzene rings is 4. The molecule has 4 aromatic rings. The Labute approximate surface area is 221 Å². The lowest BCUT2D eigenvalue weighted by Crippen LogP contribution is -2.29. The molecule has 0 aromatic heterocycles. The van der Waals surface area contributed by atoms with E-state index in [9.17, 15) is 17.6 Å². The molecule has 0 fully saturated rings. The van der Waals surface area contributed by atoms with Gasteiger partial charge in [0.2, 0.25) is 10.0 Å². The van der Waals surface area contributed by atoms with Crippen molar-refractivity contribution in [2.45, 2.75) is 24.1 Å². The van der Waals surface area contributed by atoms with Crippen molar-refractivity contribution in [3.8, 4) is 0 Å². The second-order valence-electron chi connectivity index (χ2n) is 8.61. The standard InChI is InChI=1S/C29H27FN2O3S2/c1-21-18-22(20-36-26-9-4-3-5-10-26)12-17-28(21)31-29(33)23-13-15-25(16-14-23)32(37(2,34)35)19-24-8-6-7-11-27(24)30/h3-18H,19-20H2,1-2H3,(H,31,33). The van der Waals surface area contributed by atoms with Crippen molar-refractivity contribution >= 4 is 39.1 Å². The van der Waals surface area contributed by atoms with Crippen LogP contribution in [0.25, 0.3) is 0 Å². The van der Waals surface area contributed by atoms with Gasteiger partial charge in [-0.25, -0.2) is 12.8 Å². The van der Waals surface area contributed by atoms with Crippen LogP contribution in [0.3, 0.4) is 0 Å². The summed E-state index contributed by atoms with van der Waals surface area (Å²) in [4.78, 5) is 14.1. The molecule has 0 heterocycles. The van der Waals surface area contributed by atoms with Gasteiger partial charge in [0.25, 0.3) is 5.91 Å². The molecule has 190 valence electrons. The van der Waals surface area contributed by atoms with E-state index in [1.807, 2.05) is 37.3 Å². The molecule has 8 heteroatoms. The van der Waals surface area contributed by atoms with Gasteiger partial charge in [0.05, 0.1) is 18.5 Å². The molecule has 0 atom stereocenters. The fraction of sp³-hybridized carbons (Fsp3) is 0.138. The van der Waals surface area contributed by atoms with Crippen molar-refractivity contribution in [3.63, 3.8) is 0 Å². The average Bonchev–Trinajstić information content (AvgIpc) is 2.88. The van der Waals surface area contributed by atoms with Gasteiger partial charge in [0, 0.05) is 27.5 Å². The van der Waals surface area contributed by atoms with Crippen molar-refractivity contribution in [1.82, 2.24) is 0 Å². The van der Waals surface area contributed by atoms with Gasteiger partial charge < -0.3 is 5.32 Å². The van der Waals surface area contributed by atoms with Crippen LogP contribution in [-0.2, 0) is 22.3 Å². The lowest BCUT2D eigenvalue weighted by atomic mass is 10.1. The summed E-state index contributed by atoms with van der Waals surface area (Å²) in [5, 5.41) is 2.93. The van der Waals surface area contributed by atoms with E-state index in [-0.39, 0.29) is 18.0 Å². The van der Waals surface area contributed by atoms with Crippen molar-refractivity contribution < 1.29 is 17.6 Å². The molecule has 0 aliphatic rings. The quantitative estimate of drug-likeness (QED) is 0.244. The molecule has 0 saturated carbocycles. The molecule has 0 unspecified atom stereocenters. The number of amides is 1. The molecule has 0 aliphatic carbocycles. The minimum Gasteiger partial charge on any atom is -0.322 e. The van der Waals surface area contributed by atoms with Crippen molar-refractivity contribution in [1.29, 1.82) is 0 Å². The lowest BCUT2D eigenvalue weighted by Gasteiger charge is -2.23. The minimum absolute atomic E-state index is 0.148. The molecule has 5 nitrogen and oxygen atoms in total. The van der Waals surface area contributed by atoms with Gasteiger partial charge in [0.15, 0.2) is 0 Å². The second kappa shape index (κ2) is 11.6. The third kappa shape index (κ3) is 6.99. The third-order valence-electron chi connectivity index (χ3n) is 5.78. The van der Waals surface area contributed by atoms with Crippen LogP contribution < -0.4 is 9.62 Å². The smallest absolute Gasteiger partial charge is 0.255 e. The second-order valence-corrected chi connectivity index (χ2v) is 11.6. The van der Waals surface area contributed by atoms with Crippen molar-refractivity contribution in [3.05, 3.63) is 125 Å². The Bertz CT molecular complexity index is 1490. The number of hydrogen-bond acceptors (Lipinski definition) is 4. The SMILES string of the molecule is Cc1cc(CSc2ccccc2)ccc1NC(=O)c1ccc(N(Cc2ccccc2F)S(C)(=O)=O)cc1. The van der Waals surface area contributed by atoms with Gasteiger partial charge in [-0.15, -0.1) is 11.8 Å². The molecule has 0 saturated heterocycles. The first-order valence-corrected chi connectivity index (χ1v) is 14.4. The highest BCUT2D eigenvalue weighted by Crippen LogP contribution is 2.26. The van der Waals surface area contributed by atoms with E-state index in [4.69, 9.17) is 0 Å². The zero-order valence-corrected chi connectivity index (χ0v) is 22.2. The molecule has 1 N–H and O–H groups in total. The molecule has 0 aliphatic heterocycles. The number of aryl methyl sites for hydroxylation is 1. The summed E-state index contributed by atoms with van der Waals surface area (Å²) in [5.41, 5.74) is 3.80. The molecule has 1 amide bonds. The first kappa shape index (κ1) is 26.4. The Morgan fingerprint density at radius 1 is 0.919 bits per heavy atom. The maximum Gasteiger partial charge on any atom is 0.255 e. The Hall–Kier alpha value is -3.62. The number of rotatable bonds is 9. The number of sulfonamides is 1. The monoisotopic (exact) mass is 534 g/mol. The van der Waals surface area contributed by atoms with E-state index in [1.165, 1.54) is 11.0 Å². The maximum absolute atomic E-state index is 14.1. The van der Waals surface area contributed by atoms with E-state index in [0.29, 0.717) is 16.9 Å². The van der Waals surface area contributed by atoms with Gasteiger partial charge in [-0.3, -0.25) is 9.10 Å². The Balaban J connectivity index is 1.44. The van der Waals surface area contributed by atoms with Gasteiger partial charge in [-0.2, -0.15) is 0 Å². The number of carbonyl (C=O) groups excluding carboxylic acids is 1. The number of nitrogens with one attached hydrogen (secondary N) is 1. The lowest BCUT2D eigenvalue weighted by molar-refractivity contribution is 0.102. The van der Waals surface area contributed by atoms with Gasteiger partial charge in [0.1, 0.15) is 5.82 Å². The van der Waals surface area contributed by atoms with E-state index >= 15 is 0 Å².